The van der Waals surface area contributed by atoms with Crippen molar-refractivity contribution in [2.24, 2.45) is 5.73 Å². The first-order chi connectivity index (χ1) is 6.13. The summed E-state index contributed by atoms with van der Waals surface area (Å²) < 4.78 is 0. The molecule has 0 aliphatic rings. The van der Waals surface area contributed by atoms with E-state index in [-0.39, 0.29) is 6.04 Å². The maximum Gasteiger partial charge on any atom is 0.0104 e. The summed E-state index contributed by atoms with van der Waals surface area (Å²) in [5.74, 6) is 0. The lowest BCUT2D eigenvalue weighted by molar-refractivity contribution is 0.729. The Labute approximate surface area is 84.7 Å². The highest BCUT2D eigenvalue weighted by Crippen LogP contribution is 2.22. The lowest BCUT2D eigenvalue weighted by Gasteiger charge is -2.10. The summed E-state index contributed by atoms with van der Waals surface area (Å²) in [7, 11) is 0. The molecule has 0 aliphatic heterocycles. The highest BCUT2D eigenvalue weighted by Gasteiger charge is 2.03. The minimum atomic E-state index is 0.244. The van der Waals surface area contributed by atoms with Gasteiger partial charge in [-0.25, -0.2) is 0 Å². The van der Waals surface area contributed by atoms with E-state index in [2.05, 4.69) is 31.4 Å². The van der Waals surface area contributed by atoms with E-state index >= 15 is 0 Å². The third-order valence-electron chi connectivity index (χ3n) is 1.98. The van der Waals surface area contributed by atoms with Crippen molar-refractivity contribution in [3.05, 3.63) is 29.3 Å². The van der Waals surface area contributed by atoms with E-state index in [9.17, 15) is 0 Å². The second-order valence-electron chi connectivity index (χ2n) is 3.50. The second-order valence-corrected chi connectivity index (χ2v) is 4.34. The SMILES string of the molecule is CSc1cc(C)ccc1CC(C)N. The molecule has 1 aromatic rings. The molecule has 0 fully saturated rings. The van der Waals surface area contributed by atoms with Crippen LogP contribution in [0.3, 0.4) is 0 Å². The summed E-state index contributed by atoms with van der Waals surface area (Å²) in [5, 5.41) is 0. The summed E-state index contributed by atoms with van der Waals surface area (Å²) in [6.07, 6.45) is 3.08. The topological polar surface area (TPSA) is 26.0 Å². The van der Waals surface area contributed by atoms with Crippen molar-refractivity contribution >= 4 is 11.8 Å². The van der Waals surface area contributed by atoms with E-state index < -0.39 is 0 Å². The standard InChI is InChI=1S/C11H17NS/c1-8-4-5-10(7-9(2)12)11(6-8)13-3/h4-6,9H,7,12H2,1-3H3. The van der Waals surface area contributed by atoms with E-state index in [1.54, 1.807) is 11.8 Å². The Morgan fingerprint density at radius 1 is 1.46 bits per heavy atom. The van der Waals surface area contributed by atoms with Crippen LogP contribution in [0.25, 0.3) is 0 Å². The van der Waals surface area contributed by atoms with Crippen LogP contribution >= 0.6 is 11.8 Å². The average molecular weight is 195 g/mol. The van der Waals surface area contributed by atoms with Crippen molar-refractivity contribution in [3.8, 4) is 0 Å². The zero-order chi connectivity index (χ0) is 9.84. The molecule has 0 spiro atoms. The molecule has 0 radical (unpaired) electrons. The highest BCUT2D eigenvalue weighted by atomic mass is 32.2. The number of nitrogens with two attached hydrogens (primary N) is 1. The van der Waals surface area contributed by atoms with Crippen molar-refractivity contribution < 1.29 is 0 Å². The molecule has 1 unspecified atom stereocenters. The molecule has 0 saturated heterocycles. The van der Waals surface area contributed by atoms with Gasteiger partial charge in [-0.05, 0) is 38.2 Å². The van der Waals surface area contributed by atoms with Crippen LogP contribution in [0.1, 0.15) is 18.1 Å². The Bertz CT molecular complexity index is 281. The van der Waals surface area contributed by atoms with Gasteiger partial charge in [0.1, 0.15) is 0 Å². The zero-order valence-corrected chi connectivity index (χ0v) is 9.32. The van der Waals surface area contributed by atoms with Gasteiger partial charge in [-0.1, -0.05) is 17.7 Å². The smallest absolute Gasteiger partial charge is 0.0104 e. The summed E-state index contributed by atoms with van der Waals surface area (Å²) in [5.41, 5.74) is 8.46. The Morgan fingerprint density at radius 2 is 2.15 bits per heavy atom. The van der Waals surface area contributed by atoms with Crippen LogP contribution in [-0.4, -0.2) is 12.3 Å². The second kappa shape index (κ2) is 4.68. The number of hydrogen-bond acceptors (Lipinski definition) is 2. The van der Waals surface area contributed by atoms with Crippen LogP contribution in [0.4, 0.5) is 0 Å². The number of benzene rings is 1. The average Bonchev–Trinajstić information content (AvgIpc) is 2.07. The molecule has 0 heterocycles. The van der Waals surface area contributed by atoms with Crippen LogP contribution in [0.2, 0.25) is 0 Å². The molecule has 0 bridgehead atoms. The minimum Gasteiger partial charge on any atom is -0.328 e. The summed E-state index contributed by atoms with van der Waals surface area (Å²) in [4.78, 5) is 1.36. The fourth-order valence-corrected chi connectivity index (χ4v) is 2.08. The van der Waals surface area contributed by atoms with Gasteiger partial charge < -0.3 is 5.73 Å². The van der Waals surface area contributed by atoms with Gasteiger partial charge in [-0.3, -0.25) is 0 Å². The van der Waals surface area contributed by atoms with E-state index in [0.717, 1.165) is 6.42 Å². The fraction of sp³-hybridized carbons (Fsp3) is 0.455. The monoisotopic (exact) mass is 195 g/mol. The number of hydrogen-bond donors (Lipinski definition) is 1. The van der Waals surface area contributed by atoms with Gasteiger partial charge in [0, 0.05) is 10.9 Å². The summed E-state index contributed by atoms with van der Waals surface area (Å²) in [6, 6.07) is 6.80. The van der Waals surface area contributed by atoms with Crippen molar-refractivity contribution in [1.82, 2.24) is 0 Å². The van der Waals surface area contributed by atoms with Gasteiger partial charge >= 0.3 is 0 Å². The Balaban J connectivity index is 2.92. The quantitative estimate of drug-likeness (QED) is 0.750. The number of thioether (sulfide) groups is 1. The first-order valence-corrected chi connectivity index (χ1v) is 5.75. The van der Waals surface area contributed by atoms with E-state index in [1.165, 1.54) is 16.0 Å². The molecule has 0 saturated carbocycles. The van der Waals surface area contributed by atoms with Crippen LogP contribution in [0.5, 0.6) is 0 Å². The van der Waals surface area contributed by atoms with Crippen LogP contribution in [0.15, 0.2) is 23.1 Å². The molecule has 13 heavy (non-hydrogen) atoms. The first kappa shape index (κ1) is 10.6. The van der Waals surface area contributed by atoms with Gasteiger partial charge in [-0.15, -0.1) is 11.8 Å². The molecule has 1 atom stereocenters. The normalized spacial score (nSPS) is 12.9. The fourth-order valence-electron chi connectivity index (χ4n) is 1.37. The Morgan fingerprint density at radius 3 is 2.69 bits per heavy atom. The van der Waals surface area contributed by atoms with E-state index in [4.69, 9.17) is 5.73 Å². The molecule has 1 rings (SSSR count). The van der Waals surface area contributed by atoms with E-state index in [0.29, 0.717) is 0 Å². The Kier molecular flexibility index (Phi) is 3.82. The van der Waals surface area contributed by atoms with Crippen LogP contribution < -0.4 is 5.73 Å². The molecule has 1 nitrogen and oxygen atoms in total. The number of aryl methyl sites for hydroxylation is 1. The largest absolute Gasteiger partial charge is 0.328 e. The molecular formula is C11H17NS. The lowest BCUT2D eigenvalue weighted by atomic mass is 10.1. The Hall–Kier alpha value is -0.470. The van der Waals surface area contributed by atoms with Crippen molar-refractivity contribution in [1.29, 1.82) is 0 Å². The van der Waals surface area contributed by atoms with Gasteiger partial charge in [0.05, 0.1) is 0 Å². The van der Waals surface area contributed by atoms with Gasteiger partial charge in [0.25, 0.3) is 0 Å². The minimum absolute atomic E-state index is 0.244. The van der Waals surface area contributed by atoms with Crippen molar-refractivity contribution in [3.63, 3.8) is 0 Å². The molecule has 0 aromatic heterocycles. The van der Waals surface area contributed by atoms with Gasteiger partial charge in [0.15, 0.2) is 0 Å². The maximum atomic E-state index is 5.78. The molecule has 72 valence electrons. The number of rotatable bonds is 3. The van der Waals surface area contributed by atoms with E-state index in [1.807, 2.05) is 6.92 Å². The predicted molar refractivity (Wildman–Crippen MR) is 60.3 cm³/mol. The first-order valence-electron chi connectivity index (χ1n) is 4.52. The molecule has 0 aliphatic carbocycles. The lowest BCUT2D eigenvalue weighted by Crippen LogP contribution is -2.18. The van der Waals surface area contributed by atoms with Gasteiger partial charge in [-0.2, -0.15) is 0 Å². The van der Waals surface area contributed by atoms with Crippen molar-refractivity contribution in [2.45, 2.75) is 31.2 Å². The molecule has 1 aromatic carbocycles. The van der Waals surface area contributed by atoms with Gasteiger partial charge in [0.2, 0.25) is 0 Å². The third kappa shape index (κ3) is 3.05. The third-order valence-corrected chi connectivity index (χ3v) is 2.80. The maximum absolute atomic E-state index is 5.78. The molecule has 2 N–H and O–H groups in total. The summed E-state index contributed by atoms with van der Waals surface area (Å²) in [6.45, 7) is 4.17. The van der Waals surface area contributed by atoms with Crippen molar-refractivity contribution in [2.75, 3.05) is 6.26 Å². The zero-order valence-electron chi connectivity index (χ0n) is 8.50. The molecule has 0 amide bonds. The molecular weight excluding hydrogens is 178 g/mol. The van der Waals surface area contributed by atoms with Crippen LogP contribution in [0, 0.1) is 6.92 Å². The highest BCUT2D eigenvalue weighted by molar-refractivity contribution is 7.98. The predicted octanol–water partition coefficient (Wildman–Crippen LogP) is 2.61. The van der Waals surface area contributed by atoms with Crippen LogP contribution in [-0.2, 0) is 6.42 Å². The summed E-state index contributed by atoms with van der Waals surface area (Å²) >= 11 is 1.80. The molecule has 2 heteroatoms.